The maximum atomic E-state index is 12.5. The highest BCUT2D eigenvalue weighted by Crippen LogP contribution is 2.68. The van der Waals surface area contributed by atoms with Gasteiger partial charge in [-0.1, -0.05) is 71.6 Å². The molecule has 12 heteroatoms. The van der Waals surface area contributed by atoms with Crippen LogP contribution in [0, 0.1) is 0 Å². The molecule has 3 atom stereocenters. The lowest BCUT2D eigenvalue weighted by Gasteiger charge is -2.24. The van der Waals surface area contributed by atoms with Gasteiger partial charge in [-0.2, -0.15) is 4.31 Å². The molecule has 0 aromatic heterocycles. The third-order valence-electron chi connectivity index (χ3n) is 3.92. The highest BCUT2D eigenvalue weighted by Gasteiger charge is 2.43. The van der Waals surface area contributed by atoms with Crippen molar-refractivity contribution in [2.24, 2.45) is 0 Å². The number of phosphoric acid groups is 2. The smallest absolute Gasteiger partial charge is 0.324 e. The van der Waals surface area contributed by atoms with Crippen LogP contribution in [0.1, 0.15) is 84.5 Å². The van der Waals surface area contributed by atoms with E-state index in [-0.39, 0.29) is 0 Å². The summed E-state index contributed by atoms with van der Waals surface area (Å²) in [5.74, 6) is 0. The molecule has 26 heavy (non-hydrogen) atoms. The summed E-state index contributed by atoms with van der Waals surface area (Å²) in [6.07, 6.45) is 8.82. The van der Waals surface area contributed by atoms with Gasteiger partial charge in [-0.3, -0.25) is 4.57 Å². The fraction of sp³-hybridized carbons (Fsp3) is 1.00. The molecule has 0 amide bonds. The molecule has 0 fully saturated rings. The molecule has 9 nitrogen and oxygen atoms in total. The predicted octanol–water partition coefficient (Wildman–Crippen LogP) is 5.10. The maximum absolute atomic E-state index is 12.5. The highest BCUT2D eigenvalue weighted by atomic mass is 31.3. The quantitative estimate of drug-likeness (QED) is 0.191. The summed E-state index contributed by atoms with van der Waals surface area (Å²) < 4.78 is 42.7. The fourth-order valence-corrected chi connectivity index (χ4v) is 6.82. The monoisotopic (exact) mass is 438 g/mol. The van der Waals surface area contributed by atoms with Gasteiger partial charge in [0.05, 0.1) is 5.66 Å². The van der Waals surface area contributed by atoms with Crippen LogP contribution in [0.4, 0.5) is 0 Å². The second-order valence-electron chi connectivity index (χ2n) is 6.39. The molecule has 0 spiro atoms. The Labute approximate surface area is 155 Å². The van der Waals surface area contributed by atoms with Gasteiger partial charge in [0.15, 0.2) is 0 Å². The van der Waals surface area contributed by atoms with Gasteiger partial charge in [0.25, 0.3) is 0 Å². The first kappa shape index (κ1) is 26.4. The van der Waals surface area contributed by atoms with E-state index in [1.165, 1.54) is 0 Å². The first-order valence-electron chi connectivity index (χ1n) is 9.07. The lowest BCUT2D eigenvalue weighted by Crippen LogP contribution is -2.11. The van der Waals surface area contributed by atoms with Gasteiger partial charge in [0, 0.05) is 0 Å². The third-order valence-corrected chi connectivity index (χ3v) is 8.80. The van der Waals surface area contributed by atoms with E-state index in [2.05, 4.69) is 15.5 Å². The van der Waals surface area contributed by atoms with Gasteiger partial charge in [-0.25, -0.2) is 13.4 Å². The fourth-order valence-electron chi connectivity index (χ4n) is 2.62. The second kappa shape index (κ2) is 12.8. The molecular formula is C14H33O9P3. The molecule has 158 valence electrons. The lowest BCUT2D eigenvalue weighted by molar-refractivity contribution is 0.220. The summed E-state index contributed by atoms with van der Waals surface area (Å²) in [6.45, 7) is 4.11. The Bertz CT molecular complexity index is 520. The van der Waals surface area contributed by atoms with Crippen LogP contribution in [-0.4, -0.2) is 25.2 Å². The molecule has 0 aliphatic rings. The number of rotatable bonds is 16. The molecule has 0 aromatic carbocycles. The zero-order chi connectivity index (χ0) is 20.3. The summed E-state index contributed by atoms with van der Waals surface area (Å²) in [6, 6.07) is 0. The van der Waals surface area contributed by atoms with Crippen LogP contribution in [0.5, 0.6) is 0 Å². The molecule has 0 aromatic rings. The first-order chi connectivity index (χ1) is 11.9. The van der Waals surface area contributed by atoms with Crippen molar-refractivity contribution in [2.75, 3.05) is 0 Å². The van der Waals surface area contributed by atoms with E-state index in [4.69, 9.17) is 9.79 Å². The Morgan fingerprint density at radius 3 is 1.54 bits per heavy atom. The van der Waals surface area contributed by atoms with E-state index < -0.39 is 28.9 Å². The highest BCUT2D eigenvalue weighted by molar-refractivity contribution is 7.68. The maximum Gasteiger partial charge on any atom is 0.488 e. The van der Waals surface area contributed by atoms with Crippen molar-refractivity contribution in [3.8, 4) is 0 Å². The zero-order valence-electron chi connectivity index (χ0n) is 15.5. The topological polar surface area (TPSA) is 151 Å². The lowest BCUT2D eigenvalue weighted by atomic mass is 10.0. The Morgan fingerprint density at radius 2 is 1.12 bits per heavy atom. The van der Waals surface area contributed by atoms with Gasteiger partial charge in [0.1, 0.15) is 0 Å². The van der Waals surface area contributed by atoms with Crippen molar-refractivity contribution in [3.05, 3.63) is 0 Å². The number of hydrogen-bond donors (Lipinski definition) is 4. The SMILES string of the molecule is CCCCCCCC(CCCCCC)P(=O)(O)OP(=O)(O)OP(=O)(O)O. The van der Waals surface area contributed by atoms with Crippen LogP contribution in [-0.2, 0) is 22.3 Å². The summed E-state index contributed by atoms with van der Waals surface area (Å²) in [4.78, 5) is 36.7. The molecule has 0 saturated heterocycles. The molecule has 4 N–H and O–H groups in total. The van der Waals surface area contributed by atoms with Crippen LogP contribution in [0.25, 0.3) is 0 Å². The van der Waals surface area contributed by atoms with E-state index in [9.17, 15) is 23.5 Å². The van der Waals surface area contributed by atoms with Crippen LogP contribution >= 0.6 is 23.2 Å². The predicted molar refractivity (Wildman–Crippen MR) is 99.8 cm³/mol. The minimum atomic E-state index is -5.36. The summed E-state index contributed by atoms with van der Waals surface area (Å²) >= 11 is 0. The van der Waals surface area contributed by atoms with Crippen LogP contribution in [0.15, 0.2) is 0 Å². The van der Waals surface area contributed by atoms with E-state index in [0.717, 1.165) is 44.9 Å². The Morgan fingerprint density at radius 1 is 0.692 bits per heavy atom. The third kappa shape index (κ3) is 13.6. The van der Waals surface area contributed by atoms with Crippen LogP contribution in [0.3, 0.4) is 0 Å². The van der Waals surface area contributed by atoms with Crippen molar-refractivity contribution in [3.63, 3.8) is 0 Å². The minimum Gasteiger partial charge on any atom is -0.324 e. The molecular weight excluding hydrogens is 405 g/mol. The molecule has 0 heterocycles. The molecule has 3 unspecified atom stereocenters. The Hall–Kier alpha value is 0.450. The Kier molecular flexibility index (Phi) is 13.0. The van der Waals surface area contributed by atoms with Crippen LogP contribution in [0.2, 0.25) is 0 Å². The normalized spacial score (nSPS) is 18.2. The number of hydrogen-bond acceptors (Lipinski definition) is 5. The van der Waals surface area contributed by atoms with Gasteiger partial charge >= 0.3 is 23.2 Å². The van der Waals surface area contributed by atoms with E-state index in [1.807, 2.05) is 6.92 Å². The summed E-state index contributed by atoms with van der Waals surface area (Å²) in [5, 5.41) is 0. The molecule has 0 rings (SSSR count). The molecule has 0 aliphatic carbocycles. The summed E-state index contributed by atoms with van der Waals surface area (Å²) in [7, 11) is -15.3. The van der Waals surface area contributed by atoms with Crippen molar-refractivity contribution in [1.29, 1.82) is 0 Å². The largest absolute Gasteiger partial charge is 0.488 e. The van der Waals surface area contributed by atoms with E-state index in [0.29, 0.717) is 25.7 Å². The molecule has 0 bridgehead atoms. The van der Waals surface area contributed by atoms with E-state index in [1.54, 1.807) is 0 Å². The Balaban J connectivity index is 4.89. The minimum absolute atomic E-state index is 0.331. The standard InChI is InChI=1S/C14H33O9P3/c1-3-5-7-9-11-13-14(12-10-8-6-4-2)24(15,16)22-26(20,21)23-25(17,18)19/h14H,3-13H2,1-2H3,(H,15,16)(H,20,21)(H2,17,18,19). The second-order valence-corrected chi connectivity index (χ2v) is 11.5. The average molecular weight is 438 g/mol. The van der Waals surface area contributed by atoms with Crippen LogP contribution < -0.4 is 0 Å². The number of unbranched alkanes of at least 4 members (excludes halogenated alkanes) is 7. The van der Waals surface area contributed by atoms with Gasteiger partial charge in [-0.05, 0) is 12.8 Å². The zero-order valence-corrected chi connectivity index (χ0v) is 18.2. The van der Waals surface area contributed by atoms with Crippen molar-refractivity contribution in [2.45, 2.75) is 90.1 Å². The molecule has 0 radical (unpaired) electrons. The van der Waals surface area contributed by atoms with Crippen molar-refractivity contribution in [1.82, 2.24) is 0 Å². The van der Waals surface area contributed by atoms with Gasteiger partial charge in [-0.15, -0.1) is 0 Å². The first-order valence-corrected chi connectivity index (χ1v) is 13.7. The van der Waals surface area contributed by atoms with Crippen molar-refractivity contribution < 1.29 is 41.9 Å². The average Bonchev–Trinajstić information content (AvgIpc) is 2.45. The molecule has 0 saturated carbocycles. The van der Waals surface area contributed by atoms with Gasteiger partial charge in [0.2, 0.25) is 0 Å². The van der Waals surface area contributed by atoms with Crippen molar-refractivity contribution >= 4 is 23.2 Å². The van der Waals surface area contributed by atoms with E-state index >= 15 is 0 Å². The summed E-state index contributed by atoms with van der Waals surface area (Å²) in [5.41, 5.74) is -0.873. The van der Waals surface area contributed by atoms with Gasteiger partial charge < -0.3 is 19.6 Å². The molecule has 0 aliphatic heterocycles.